The van der Waals surface area contributed by atoms with E-state index in [4.69, 9.17) is 4.74 Å². The zero-order valence-corrected chi connectivity index (χ0v) is 32.1. The second-order valence-corrected chi connectivity index (χ2v) is 17.1. The van der Waals surface area contributed by atoms with E-state index in [1.807, 2.05) is 6.08 Å². The molecule has 262 valence electrons. The molecule has 0 unspecified atom stereocenters. The third-order valence-corrected chi connectivity index (χ3v) is 13.2. The van der Waals surface area contributed by atoms with Crippen LogP contribution in [0.1, 0.15) is 60.4 Å². The van der Waals surface area contributed by atoms with Crippen molar-refractivity contribution in [3.05, 3.63) is 179 Å². The Bertz CT molecular complexity index is 2830. The molecule has 7 aromatic carbocycles. The Morgan fingerprint density at radius 2 is 1.31 bits per heavy atom. The van der Waals surface area contributed by atoms with Crippen molar-refractivity contribution >= 4 is 55.3 Å². The van der Waals surface area contributed by atoms with Crippen molar-refractivity contribution in [2.45, 2.75) is 45.4 Å². The summed E-state index contributed by atoms with van der Waals surface area (Å²) in [5.41, 5.74) is 14.4. The third kappa shape index (κ3) is 4.71. The molecule has 0 spiro atoms. The van der Waals surface area contributed by atoms with Gasteiger partial charge in [0.05, 0.1) is 5.69 Å². The molecule has 0 atom stereocenters. The van der Waals surface area contributed by atoms with Crippen LogP contribution in [0.25, 0.3) is 49.2 Å². The Morgan fingerprint density at radius 1 is 0.611 bits per heavy atom. The van der Waals surface area contributed by atoms with Crippen LogP contribution in [0.5, 0.6) is 11.5 Å². The van der Waals surface area contributed by atoms with Gasteiger partial charge in [0.2, 0.25) is 0 Å². The summed E-state index contributed by atoms with van der Waals surface area (Å²) >= 11 is 1.81. The second-order valence-electron chi connectivity index (χ2n) is 15.8. The van der Waals surface area contributed by atoms with E-state index >= 15 is 0 Å². The minimum absolute atomic E-state index is 0.0940. The molecule has 2 heterocycles. The minimum atomic E-state index is -0.243. The number of thiophene rings is 1. The SMILES string of the molecule is C=Cc1c(C)sc2ccc3c(c12)Oc1ccc(-c2ccc(N(c4ccc5c(c4)C(C)(C)c4ccccc4-5)c4cccc5ccccc45)cc2)cc1C3(C)C. The van der Waals surface area contributed by atoms with E-state index in [9.17, 15) is 0 Å². The molecule has 0 saturated carbocycles. The summed E-state index contributed by atoms with van der Waals surface area (Å²) in [6.07, 6.45) is 1.97. The number of hydrogen-bond acceptors (Lipinski definition) is 3. The average Bonchev–Trinajstić information content (AvgIpc) is 3.64. The third-order valence-electron chi connectivity index (χ3n) is 12.1. The molecule has 0 N–H and O–H groups in total. The van der Waals surface area contributed by atoms with Crippen LogP contribution < -0.4 is 9.64 Å². The van der Waals surface area contributed by atoms with Crippen molar-refractivity contribution in [2.24, 2.45) is 0 Å². The number of anilines is 3. The molecule has 0 saturated heterocycles. The molecule has 0 fully saturated rings. The number of aryl methyl sites for hydroxylation is 1. The fourth-order valence-electron chi connectivity index (χ4n) is 9.15. The summed E-state index contributed by atoms with van der Waals surface area (Å²) in [7, 11) is 0. The lowest BCUT2D eigenvalue weighted by Crippen LogP contribution is -2.24. The highest BCUT2D eigenvalue weighted by Gasteiger charge is 2.37. The van der Waals surface area contributed by atoms with Crippen LogP contribution in [0.2, 0.25) is 0 Å². The van der Waals surface area contributed by atoms with Crippen molar-refractivity contribution in [3.8, 4) is 33.8 Å². The standard InChI is InChI=1S/C51H41NOS/c1-7-37-31(2)54-47-28-26-42-49(48(37)47)53-46-27-21-34(29-44(46)51(42,5)6)32-19-22-35(23-20-32)52(45-18-12-14-33-13-8-9-15-38(33)45)36-24-25-40-39-16-10-11-17-41(39)50(3,4)43(40)30-36/h7-30H,1H2,2-6H3. The van der Waals surface area contributed by atoms with Crippen LogP contribution in [0.4, 0.5) is 17.1 Å². The molecule has 10 rings (SSSR count). The van der Waals surface area contributed by atoms with Crippen LogP contribution in [0.3, 0.4) is 0 Å². The highest BCUT2D eigenvalue weighted by Crippen LogP contribution is 2.54. The molecule has 3 heteroatoms. The van der Waals surface area contributed by atoms with Gasteiger partial charge in [0.1, 0.15) is 11.5 Å². The van der Waals surface area contributed by atoms with Crippen molar-refractivity contribution < 1.29 is 4.74 Å². The molecule has 2 aliphatic rings. The summed E-state index contributed by atoms with van der Waals surface area (Å²) in [6, 6.07) is 51.4. The fraction of sp³-hybridized carbons (Fsp3) is 0.137. The molecule has 1 aliphatic heterocycles. The van der Waals surface area contributed by atoms with Gasteiger partial charge in [-0.2, -0.15) is 0 Å². The van der Waals surface area contributed by atoms with Crippen LogP contribution >= 0.6 is 11.3 Å². The summed E-state index contributed by atoms with van der Waals surface area (Å²) in [6.45, 7) is 15.6. The van der Waals surface area contributed by atoms with Gasteiger partial charge in [-0.3, -0.25) is 0 Å². The first-order valence-electron chi connectivity index (χ1n) is 18.8. The van der Waals surface area contributed by atoms with Crippen molar-refractivity contribution in [3.63, 3.8) is 0 Å². The number of fused-ring (bicyclic) bond motifs is 8. The molecule has 1 aliphatic carbocycles. The maximum absolute atomic E-state index is 6.78. The number of benzene rings is 7. The first-order chi connectivity index (χ1) is 26.1. The maximum atomic E-state index is 6.78. The van der Waals surface area contributed by atoms with Crippen LogP contribution in [-0.4, -0.2) is 0 Å². The van der Waals surface area contributed by atoms with Gasteiger partial charge >= 0.3 is 0 Å². The van der Waals surface area contributed by atoms with Gasteiger partial charge in [-0.15, -0.1) is 11.3 Å². The van der Waals surface area contributed by atoms with Gasteiger partial charge in [0, 0.05) is 53.7 Å². The Kier molecular flexibility index (Phi) is 7.15. The van der Waals surface area contributed by atoms with Crippen molar-refractivity contribution in [1.82, 2.24) is 0 Å². The highest BCUT2D eigenvalue weighted by atomic mass is 32.1. The number of nitrogens with zero attached hydrogens (tertiary/aromatic N) is 1. The summed E-state index contributed by atoms with van der Waals surface area (Å²) in [4.78, 5) is 3.69. The van der Waals surface area contributed by atoms with Gasteiger partial charge in [0.25, 0.3) is 0 Å². The van der Waals surface area contributed by atoms with Crippen LogP contribution in [0.15, 0.2) is 146 Å². The average molecular weight is 716 g/mol. The zero-order chi connectivity index (χ0) is 36.9. The van der Waals surface area contributed by atoms with E-state index in [-0.39, 0.29) is 10.8 Å². The van der Waals surface area contributed by atoms with Crippen molar-refractivity contribution in [2.75, 3.05) is 4.90 Å². The Hall–Kier alpha value is -5.90. The lowest BCUT2D eigenvalue weighted by Gasteiger charge is -2.35. The highest BCUT2D eigenvalue weighted by molar-refractivity contribution is 7.19. The topological polar surface area (TPSA) is 12.5 Å². The van der Waals surface area contributed by atoms with E-state index in [0.717, 1.165) is 28.6 Å². The van der Waals surface area contributed by atoms with Crippen molar-refractivity contribution in [1.29, 1.82) is 0 Å². The van der Waals surface area contributed by atoms with E-state index in [1.165, 1.54) is 75.8 Å². The summed E-state index contributed by atoms with van der Waals surface area (Å²) < 4.78 is 8.02. The number of rotatable bonds is 5. The normalized spacial score (nSPS) is 14.5. The van der Waals surface area contributed by atoms with Crippen LogP contribution in [-0.2, 0) is 10.8 Å². The Labute approximate surface area is 321 Å². The molecule has 54 heavy (non-hydrogen) atoms. The molecule has 0 bridgehead atoms. The van der Waals surface area contributed by atoms with Gasteiger partial charge in [-0.1, -0.05) is 131 Å². The molecular formula is C51H41NOS. The van der Waals surface area contributed by atoms with E-state index in [2.05, 4.69) is 186 Å². The van der Waals surface area contributed by atoms with Gasteiger partial charge in [-0.25, -0.2) is 0 Å². The Morgan fingerprint density at radius 3 is 2.15 bits per heavy atom. The summed E-state index contributed by atoms with van der Waals surface area (Å²) in [5.74, 6) is 1.89. The first kappa shape index (κ1) is 32.7. The first-order valence-corrected chi connectivity index (χ1v) is 19.6. The largest absolute Gasteiger partial charge is 0.456 e. The predicted molar refractivity (Wildman–Crippen MR) is 230 cm³/mol. The number of ether oxygens (including phenoxy) is 1. The maximum Gasteiger partial charge on any atom is 0.140 e. The molecule has 2 nitrogen and oxygen atoms in total. The molecule has 8 aromatic rings. The zero-order valence-electron chi connectivity index (χ0n) is 31.3. The molecule has 0 radical (unpaired) electrons. The number of hydrogen-bond donors (Lipinski definition) is 0. The van der Waals surface area contributed by atoms with Gasteiger partial charge in [0.15, 0.2) is 0 Å². The monoisotopic (exact) mass is 715 g/mol. The minimum Gasteiger partial charge on any atom is -0.456 e. The lowest BCUT2D eigenvalue weighted by atomic mass is 9.74. The van der Waals surface area contributed by atoms with E-state index in [1.54, 1.807) is 11.3 Å². The van der Waals surface area contributed by atoms with E-state index < -0.39 is 0 Å². The lowest BCUT2D eigenvalue weighted by molar-refractivity contribution is 0.423. The quantitative estimate of drug-likeness (QED) is 0.176. The van der Waals surface area contributed by atoms with Crippen LogP contribution in [0, 0.1) is 6.92 Å². The molecule has 0 amide bonds. The Balaban J connectivity index is 1.06. The second kappa shape index (κ2) is 11.8. The summed E-state index contributed by atoms with van der Waals surface area (Å²) in [5, 5.41) is 3.62. The van der Waals surface area contributed by atoms with Gasteiger partial charge in [-0.05, 0) is 99.8 Å². The predicted octanol–water partition coefficient (Wildman–Crippen LogP) is 14.9. The molecule has 1 aromatic heterocycles. The van der Waals surface area contributed by atoms with Gasteiger partial charge < -0.3 is 9.64 Å². The smallest absolute Gasteiger partial charge is 0.140 e. The van der Waals surface area contributed by atoms with E-state index in [0.29, 0.717) is 0 Å². The fourth-order valence-corrected chi connectivity index (χ4v) is 10.2. The molecular weight excluding hydrogens is 675 g/mol.